The minimum absolute atomic E-state index is 0.00326. The van der Waals surface area contributed by atoms with Gasteiger partial charge in [0.25, 0.3) is 11.8 Å². The molecule has 0 aromatic heterocycles. The fraction of sp³-hybridized carbons (Fsp3) is 0.364. The second-order valence-electron chi connectivity index (χ2n) is 7.58. The van der Waals surface area contributed by atoms with E-state index in [4.69, 9.17) is 11.6 Å². The van der Waals surface area contributed by atoms with Gasteiger partial charge in [0.05, 0.1) is 16.8 Å². The molecule has 1 aliphatic rings. The highest BCUT2D eigenvalue weighted by Gasteiger charge is 2.26. The average molecular weight is 417 g/mol. The lowest BCUT2D eigenvalue weighted by atomic mass is 10.1. The van der Waals surface area contributed by atoms with Crippen LogP contribution in [0.2, 0.25) is 5.02 Å². The smallest absolute Gasteiger partial charge is 0.279 e. The molecule has 1 atom stereocenters. The summed E-state index contributed by atoms with van der Waals surface area (Å²) < 4.78 is 0. The van der Waals surface area contributed by atoms with Crippen LogP contribution in [-0.2, 0) is 9.59 Å². The molecule has 0 aliphatic carbocycles. The first-order chi connectivity index (χ1) is 14.0. The molecule has 0 bridgehead atoms. The molecule has 3 rings (SSSR count). The number of hydrogen-bond donors (Lipinski definition) is 4. The first-order valence-electron chi connectivity index (χ1n) is 10.1. The minimum atomic E-state index is -0.0361. The van der Waals surface area contributed by atoms with Gasteiger partial charge >= 0.3 is 0 Å². The summed E-state index contributed by atoms with van der Waals surface area (Å²) in [6.45, 7) is 6.37. The molecule has 0 saturated carbocycles. The van der Waals surface area contributed by atoms with E-state index in [0.717, 1.165) is 31.7 Å². The van der Waals surface area contributed by atoms with Crippen LogP contribution in [0.25, 0.3) is 0 Å². The third-order valence-corrected chi connectivity index (χ3v) is 5.64. The monoisotopic (exact) mass is 416 g/mol. The number of benzene rings is 2. The molecule has 1 fully saturated rings. The number of rotatable bonds is 7. The molecular formula is C22H29ClN4O2+2. The highest BCUT2D eigenvalue weighted by atomic mass is 35.5. The van der Waals surface area contributed by atoms with Gasteiger partial charge in [-0.05, 0) is 24.6 Å². The van der Waals surface area contributed by atoms with Crippen molar-refractivity contribution in [1.29, 1.82) is 0 Å². The molecule has 29 heavy (non-hydrogen) atoms. The van der Waals surface area contributed by atoms with E-state index < -0.39 is 0 Å². The van der Waals surface area contributed by atoms with Crippen LogP contribution < -0.4 is 20.4 Å². The quantitative estimate of drug-likeness (QED) is 0.511. The minimum Gasteiger partial charge on any atom is -0.345 e. The van der Waals surface area contributed by atoms with Gasteiger partial charge in [-0.25, -0.2) is 0 Å². The molecule has 1 aliphatic heterocycles. The van der Waals surface area contributed by atoms with Crippen molar-refractivity contribution < 1.29 is 19.4 Å². The average Bonchev–Trinajstić information content (AvgIpc) is 2.72. The Labute approximate surface area is 176 Å². The Balaban J connectivity index is 1.38. The van der Waals surface area contributed by atoms with Crippen molar-refractivity contribution in [3.05, 3.63) is 65.2 Å². The molecule has 6 nitrogen and oxygen atoms in total. The van der Waals surface area contributed by atoms with Crippen molar-refractivity contribution in [2.45, 2.75) is 13.0 Å². The summed E-state index contributed by atoms with van der Waals surface area (Å²) in [7, 11) is 0. The Morgan fingerprint density at radius 3 is 2.07 bits per heavy atom. The van der Waals surface area contributed by atoms with Gasteiger partial charge in [-0.15, -0.1) is 0 Å². The van der Waals surface area contributed by atoms with Crippen molar-refractivity contribution in [2.75, 3.05) is 44.6 Å². The number of para-hydroxylation sites is 1. The van der Waals surface area contributed by atoms with Gasteiger partial charge in [-0.1, -0.05) is 54.1 Å². The number of carbonyl (C=O) groups is 2. The van der Waals surface area contributed by atoms with Crippen LogP contribution in [0.4, 0.5) is 5.69 Å². The molecule has 0 spiro atoms. The van der Waals surface area contributed by atoms with E-state index in [1.54, 1.807) is 12.1 Å². The number of quaternary nitrogens is 2. The molecular weight excluding hydrogens is 388 g/mol. The summed E-state index contributed by atoms with van der Waals surface area (Å²) in [5.41, 5.74) is 1.75. The molecule has 154 valence electrons. The zero-order valence-corrected chi connectivity index (χ0v) is 17.5. The zero-order valence-electron chi connectivity index (χ0n) is 16.7. The lowest BCUT2D eigenvalue weighted by Gasteiger charge is -2.29. The highest BCUT2D eigenvalue weighted by Crippen LogP contribution is 2.19. The highest BCUT2D eigenvalue weighted by molar-refractivity contribution is 6.33. The van der Waals surface area contributed by atoms with E-state index in [0.29, 0.717) is 23.8 Å². The third kappa shape index (κ3) is 6.56. The maximum Gasteiger partial charge on any atom is 0.279 e. The molecule has 0 radical (unpaired) electrons. The van der Waals surface area contributed by atoms with Crippen molar-refractivity contribution in [3.63, 3.8) is 0 Å². The van der Waals surface area contributed by atoms with Crippen LogP contribution in [0.15, 0.2) is 54.6 Å². The predicted octanol–water partition coefficient (Wildman–Crippen LogP) is -0.0607. The summed E-state index contributed by atoms with van der Waals surface area (Å²) >= 11 is 6.09. The van der Waals surface area contributed by atoms with E-state index in [9.17, 15) is 9.59 Å². The Morgan fingerprint density at radius 1 is 0.897 bits per heavy atom. The van der Waals surface area contributed by atoms with E-state index in [1.807, 2.05) is 49.4 Å². The number of hydrogen-bond acceptors (Lipinski definition) is 2. The van der Waals surface area contributed by atoms with Crippen LogP contribution in [0.3, 0.4) is 0 Å². The molecule has 1 saturated heterocycles. The number of halogens is 1. The number of amides is 2. The summed E-state index contributed by atoms with van der Waals surface area (Å²) in [5.74, 6) is 0.0299. The van der Waals surface area contributed by atoms with Gasteiger partial charge in [0.15, 0.2) is 13.1 Å². The van der Waals surface area contributed by atoms with Gasteiger partial charge in [0.1, 0.15) is 26.2 Å². The number of piperazine rings is 1. The van der Waals surface area contributed by atoms with Gasteiger partial charge in [-0.2, -0.15) is 0 Å². The summed E-state index contributed by atoms with van der Waals surface area (Å²) in [5, 5.41) is 6.49. The van der Waals surface area contributed by atoms with Crippen molar-refractivity contribution in [1.82, 2.24) is 5.32 Å². The first-order valence-corrected chi connectivity index (χ1v) is 10.4. The molecule has 4 N–H and O–H groups in total. The van der Waals surface area contributed by atoms with E-state index in [-0.39, 0.29) is 17.9 Å². The standard InChI is InChI=1S/C22H27ClN4O2/c1-17(18-7-3-2-4-8-18)24-21(28)15-26-11-13-27(14-12-26)16-22(29)25-20-10-6-5-9-19(20)23/h2-10,17H,11-16H2,1H3,(H,24,28)(H,25,29)/p+2/t17-/m1/s1. The maximum atomic E-state index is 12.4. The van der Waals surface area contributed by atoms with Crippen LogP contribution in [0.1, 0.15) is 18.5 Å². The number of anilines is 1. The van der Waals surface area contributed by atoms with Crippen molar-refractivity contribution in [3.8, 4) is 0 Å². The molecule has 7 heteroatoms. The summed E-state index contributed by atoms with van der Waals surface area (Å²) in [4.78, 5) is 27.2. The Bertz CT molecular complexity index is 823. The lowest BCUT2D eigenvalue weighted by molar-refractivity contribution is -1.00. The second-order valence-corrected chi connectivity index (χ2v) is 7.99. The van der Waals surface area contributed by atoms with Crippen LogP contribution in [-0.4, -0.2) is 51.1 Å². The van der Waals surface area contributed by atoms with Gasteiger partial charge < -0.3 is 20.4 Å². The first kappa shape index (κ1) is 21.3. The van der Waals surface area contributed by atoms with Gasteiger partial charge in [0.2, 0.25) is 0 Å². The zero-order chi connectivity index (χ0) is 20.6. The van der Waals surface area contributed by atoms with Gasteiger partial charge in [-0.3, -0.25) is 9.59 Å². The van der Waals surface area contributed by atoms with Gasteiger partial charge in [0, 0.05) is 0 Å². The Hall–Kier alpha value is -2.41. The van der Waals surface area contributed by atoms with Crippen molar-refractivity contribution >= 4 is 29.1 Å². The number of carbonyl (C=O) groups excluding carboxylic acids is 2. The lowest BCUT2D eigenvalue weighted by Crippen LogP contribution is -3.28. The SMILES string of the molecule is C[C@@H](NC(=O)C[NH+]1CC[NH+](CC(=O)Nc2ccccc2Cl)CC1)c1ccccc1. The second kappa shape index (κ2) is 10.4. The molecule has 2 aromatic rings. The Morgan fingerprint density at radius 2 is 1.45 bits per heavy atom. The van der Waals surface area contributed by atoms with E-state index in [2.05, 4.69) is 10.6 Å². The largest absolute Gasteiger partial charge is 0.345 e. The third-order valence-electron chi connectivity index (χ3n) is 5.31. The predicted molar refractivity (Wildman–Crippen MR) is 114 cm³/mol. The fourth-order valence-corrected chi connectivity index (χ4v) is 3.82. The molecule has 2 aromatic carbocycles. The molecule has 0 unspecified atom stereocenters. The van der Waals surface area contributed by atoms with Crippen molar-refractivity contribution in [2.24, 2.45) is 0 Å². The normalized spacial score (nSPS) is 19.9. The van der Waals surface area contributed by atoms with E-state index >= 15 is 0 Å². The molecule has 2 amide bonds. The van der Waals surface area contributed by atoms with Crippen LogP contribution >= 0.6 is 11.6 Å². The van der Waals surface area contributed by atoms with E-state index in [1.165, 1.54) is 9.80 Å². The Kier molecular flexibility index (Phi) is 7.63. The topological polar surface area (TPSA) is 67.1 Å². The summed E-state index contributed by atoms with van der Waals surface area (Å²) in [6.07, 6.45) is 0. The maximum absolute atomic E-state index is 12.4. The van der Waals surface area contributed by atoms with Crippen LogP contribution in [0.5, 0.6) is 0 Å². The fourth-order valence-electron chi connectivity index (χ4n) is 3.64. The summed E-state index contributed by atoms with van der Waals surface area (Å²) in [6, 6.07) is 17.2. The number of nitrogens with one attached hydrogen (secondary N) is 4. The van der Waals surface area contributed by atoms with Crippen LogP contribution in [0, 0.1) is 0 Å². The molecule has 1 heterocycles.